The first-order valence-electron chi connectivity index (χ1n) is 7.53. The second-order valence-electron chi connectivity index (χ2n) is 5.15. The van der Waals surface area contributed by atoms with Gasteiger partial charge in [-0.1, -0.05) is 20.3 Å². The summed E-state index contributed by atoms with van der Waals surface area (Å²) in [4.78, 5) is 0. The number of unbranched alkanes of at least 4 members (excludes halogenated alkanes) is 1. The van der Waals surface area contributed by atoms with Gasteiger partial charge in [-0.3, -0.25) is 9.36 Å². The van der Waals surface area contributed by atoms with E-state index < -0.39 is 0 Å². The number of hydrogen-bond donors (Lipinski definition) is 1. The van der Waals surface area contributed by atoms with Crippen LogP contribution in [-0.2, 0) is 19.6 Å². The van der Waals surface area contributed by atoms with Gasteiger partial charge in [0.1, 0.15) is 5.82 Å². The van der Waals surface area contributed by atoms with Gasteiger partial charge in [0.25, 0.3) is 0 Å². The zero-order valence-electron chi connectivity index (χ0n) is 12.8. The van der Waals surface area contributed by atoms with Crippen LogP contribution >= 0.6 is 0 Å². The maximum Gasteiger partial charge on any atom is 0.148 e. The van der Waals surface area contributed by atoms with Gasteiger partial charge in [0, 0.05) is 31.0 Å². The van der Waals surface area contributed by atoms with Gasteiger partial charge in [0.2, 0.25) is 0 Å². The summed E-state index contributed by atoms with van der Waals surface area (Å²) in [5.41, 5.74) is 2.41. The average molecular weight is 275 g/mol. The van der Waals surface area contributed by atoms with Crippen LogP contribution in [0, 0.1) is 6.92 Å². The molecule has 0 saturated carbocycles. The molecule has 2 rings (SSSR count). The fourth-order valence-corrected chi connectivity index (χ4v) is 2.24. The molecule has 5 heteroatoms. The monoisotopic (exact) mass is 275 g/mol. The first-order valence-corrected chi connectivity index (χ1v) is 7.53. The molecule has 0 radical (unpaired) electrons. The maximum atomic E-state index is 4.60. The van der Waals surface area contributed by atoms with Gasteiger partial charge in [-0.25, -0.2) is 0 Å². The Labute approximate surface area is 121 Å². The standard InChI is InChI=1S/C15H25N5/c1-4-6-10-19-13(3)11-15(18-19)16-12-14-7-8-17-20(14)9-5-2/h7-8,11H,4-6,9-10,12H2,1-3H3,(H,16,18). The summed E-state index contributed by atoms with van der Waals surface area (Å²) in [5.74, 6) is 0.947. The summed E-state index contributed by atoms with van der Waals surface area (Å²) in [7, 11) is 0. The Balaban J connectivity index is 1.95. The Morgan fingerprint density at radius 3 is 2.75 bits per heavy atom. The molecule has 0 unspecified atom stereocenters. The van der Waals surface area contributed by atoms with Gasteiger partial charge in [-0.2, -0.15) is 10.2 Å². The molecule has 2 heterocycles. The summed E-state index contributed by atoms with van der Waals surface area (Å²) >= 11 is 0. The molecule has 20 heavy (non-hydrogen) atoms. The Morgan fingerprint density at radius 1 is 1.15 bits per heavy atom. The highest BCUT2D eigenvalue weighted by molar-refractivity contribution is 5.36. The van der Waals surface area contributed by atoms with E-state index in [1.807, 2.05) is 10.9 Å². The number of aromatic nitrogens is 4. The van der Waals surface area contributed by atoms with Crippen LogP contribution in [0.1, 0.15) is 44.5 Å². The highest BCUT2D eigenvalue weighted by Gasteiger charge is 2.05. The predicted molar refractivity (Wildman–Crippen MR) is 81.7 cm³/mol. The number of anilines is 1. The minimum absolute atomic E-state index is 0.768. The molecule has 0 atom stereocenters. The van der Waals surface area contributed by atoms with Gasteiger partial charge < -0.3 is 5.32 Å². The van der Waals surface area contributed by atoms with Crippen molar-refractivity contribution in [3.8, 4) is 0 Å². The third-order valence-electron chi connectivity index (χ3n) is 3.40. The molecule has 110 valence electrons. The van der Waals surface area contributed by atoms with E-state index in [1.54, 1.807) is 0 Å². The van der Waals surface area contributed by atoms with Gasteiger partial charge in [0.15, 0.2) is 0 Å². The van der Waals surface area contributed by atoms with Gasteiger partial charge in [0.05, 0.1) is 12.2 Å². The third-order valence-corrected chi connectivity index (χ3v) is 3.40. The Kier molecular flexibility index (Phi) is 5.21. The molecule has 2 aromatic heterocycles. The molecule has 0 bridgehead atoms. The topological polar surface area (TPSA) is 47.7 Å². The molecule has 2 aromatic rings. The van der Waals surface area contributed by atoms with E-state index in [-0.39, 0.29) is 0 Å². The molecule has 0 saturated heterocycles. The predicted octanol–water partition coefficient (Wildman–Crippen LogP) is 3.21. The van der Waals surface area contributed by atoms with Crippen LogP contribution < -0.4 is 5.32 Å². The van der Waals surface area contributed by atoms with E-state index in [0.29, 0.717) is 0 Å². The van der Waals surface area contributed by atoms with Crippen molar-refractivity contribution in [2.75, 3.05) is 5.32 Å². The fraction of sp³-hybridized carbons (Fsp3) is 0.600. The van der Waals surface area contributed by atoms with E-state index in [0.717, 1.165) is 31.9 Å². The average Bonchev–Trinajstić information content (AvgIpc) is 3.01. The lowest BCUT2D eigenvalue weighted by molar-refractivity contribution is 0.559. The lowest BCUT2D eigenvalue weighted by Crippen LogP contribution is -2.09. The first-order chi connectivity index (χ1) is 9.74. The number of hydrogen-bond acceptors (Lipinski definition) is 3. The van der Waals surface area contributed by atoms with Crippen LogP contribution in [-0.4, -0.2) is 19.6 Å². The summed E-state index contributed by atoms with van der Waals surface area (Å²) < 4.78 is 4.13. The molecular formula is C15H25N5. The zero-order valence-corrected chi connectivity index (χ0v) is 12.8. The van der Waals surface area contributed by atoms with Crippen LogP contribution in [0.2, 0.25) is 0 Å². The van der Waals surface area contributed by atoms with E-state index in [9.17, 15) is 0 Å². The van der Waals surface area contributed by atoms with Crippen molar-refractivity contribution in [1.29, 1.82) is 0 Å². The van der Waals surface area contributed by atoms with E-state index in [2.05, 4.69) is 53.1 Å². The second kappa shape index (κ2) is 7.12. The molecule has 5 nitrogen and oxygen atoms in total. The molecule has 0 spiro atoms. The molecule has 0 aliphatic heterocycles. The van der Waals surface area contributed by atoms with Crippen LogP contribution in [0.5, 0.6) is 0 Å². The van der Waals surface area contributed by atoms with Crippen molar-refractivity contribution in [3.63, 3.8) is 0 Å². The molecule has 0 aliphatic rings. The van der Waals surface area contributed by atoms with E-state index >= 15 is 0 Å². The van der Waals surface area contributed by atoms with Crippen molar-refractivity contribution in [3.05, 3.63) is 29.7 Å². The minimum Gasteiger partial charge on any atom is -0.363 e. The lowest BCUT2D eigenvalue weighted by Gasteiger charge is -2.07. The molecule has 0 fully saturated rings. The Morgan fingerprint density at radius 2 is 2.00 bits per heavy atom. The summed E-state index contributed by atoms with van der Waals surface area (Å²) in [6.45, 7) is 9.20. The molecule has 0 aliphatic carbocycles. The number of nitrogens with zero attached hydrogens (tertiary/aromatic N) is 4. The summed E-state index contributed by atoms with van der Waals surface area (Å²) in [6, 6.07) is 4.17. The smallest absolute Gasteiger partial charge is 0.148 e. The van der Waals surface area contributed by atoms with Crippen molar-refractivity contribution < 1.29 is 0 Å². The van der Waals surface area contributed by atoms with Gasteiger partial charge in [-0.15, -0.1) is 0 Å². The summed E-state index contributed by atoms with van der Waals surface area (Å²) in [5, 5.41) is 12.3. The Bertz CT molecular complexity index is 526. The quantitative estimate of drug-likeness (QED) is 0.804. The first kappa shape index (κ1) is 14.6. The third kappa shape index (κ3) is 3.62. The van der Waals surface area contributed by atoms with Crippen molar-refractivity contribution in [1.82, 2.24) is 19.6 Å². The molecule has 0 amide bonds. The number of rotatable bonds is 8. The van der Waals surface area contributed by atoms with Crippen LogP contribution in [0.3, 0.4) is 0 Å². The van der Waals surface area contributed by atoms with Crippen molar-refractivity contribution in [2.24, 2.45) is 0 Å². The SMILES string of the molecule is CCCCn1nc(NCc2ccnn2CCC)cc1C. The normalized spacial score (nSPS) is 10.9. The zero-order chi connectivity index (χ0) is 14.4. The number of nitrogens with one attached hydrogen (secondary N) is 1. The number of aryl methyl sites for hydroxylation is 3. The van der Waals surface area contributed by atoms with Crippen LogP contribution in [0.4, 0.5) is 5.82 Å². The van der Waals surface area contributed by atoms with E-state index in [4.69, 9.17) is 0 Å². The minimum atomic E-state index is 0.768. The lowest BCUT2D eigenvalue weighted by atomic mass is 10.3. The molecular weight excluding hydrogens is 250 g/mol. The molecule has 0 aromatic carbocycles. The van der Waals surface area contributed by atoms with Crippen molar-refractivity contribution in [2.45, 2.75) is 59.7 Å². The fourth-order valence-electron chi connectivity index (χ4n) is 2.24. The molecule has 1 N–H and O–H groups in total. The Hall–Kier alpha value is -1.78. The second-order valence-corrected chi connectivity index (χ2v) is 5.15. The summed E-state index contributed by atoms with van der Waals surface area (Å²) in [6.07, 6.45) is 5.32. The van der Waals surface area contributed by atoms with E-state index in [1.165, 1.54) is 24.2 Å². The van der Waals surface area contributed by atoms with Crippen molar-refractivity contribution >= 4 is 5.82 Å². The van der Waals surface area contributed by atoms with Gasteiger partial charge >= 0.3 is 0 Å². The highest BCUT2D eigenvalue weighted by atomic mass is 15.3. The highest BCUT2D eigenvalue weighted by Crippen LogP contribution is 2.11. The van der Waals surface area contributed by atoms with Crippen LogP contribution in [0.25, 0.3) is 0 Å². The van der Waals surface area contributed by atoms with Crippen LogP contribution in [0.15, 0.2) is 18.3 Å². The van der Waals surface area contributed by atoms with Gasteiger partial charge in [-0.05, 0) is 25.8 Å². The maximum absolute atomic E-state index is 4.60. The largest absolute Gasteiger partial charge is 0.363 e.